The molecule has 21 heavy (non-hydrogen) atoms. The Hall–Kier alpha value is -2.08. The normalized spacial score (nSPS) is 10.9. The van der Waals surface area contributed by atoms with Crippen molar-refractivity contribution in [2.45, 2.75) is 26.2 Å². The van der Waals surface area contributed by atoms with Gasteiger partial charge in [-0.15, -0.1) is 0 Å². The van der Waals surface area contributed by atoms with Crippen LogP contribution in [0.5, 0.6) is 0 Å². The average molecular weight is 291 g/mol. The zero-order valence-electron chi connectivity index (χ0n) is 12.2. The van der Waals surface area contributed by atoms with Gasteiger partial charge in [0, 0.05) is 26.0 Å². The Morgan fingerprint density at radius 1 is 1.38 bits per heavy atom. The van der Waals surface area contributed by atoms with E-state index < -0.39 is 5.97 Å². The maximum absolute atomic E-state index is 11.4. The fourth-order valence-electron chi connectivity index (χ4n) is 2.05. The van der Waals surface area contributed by atoms with Crippen LogP contribution >= 0.6 is 0 Å². The number of hydrogen-bond donors (Lipinski definition) is 2. The minimum Gasteiger partial charge on any atom is -0.476 e. The lowest BCUT2D eigenvalue weighted by molar-refractivity contribution is 0.0690. The van der Waals surface area contributed by atoms with E-state index in [2.05, 4.69) is 17.2 Å². The van der Waals surface area contributed by atoms with Crippen LogP contribution in [0.25, 0.3) is 5.65 Å². The Bertz CT molecular complexity index is 595. The lowest BCUT2D eigenvalue weighted by Crippen LogP contribution is -2.10. The first-order valence-corrected chi connectivity index (χ1v) is 7.26. The molecule has 0 aliphatic carbocycles. The summed E-state index contributed by atoms with van der Waals surface area (Å²) in [6.45, 7) is 4.21. The highest BCUT2D eigenvalue weighted by Gasteiger charge is 2.17. The molecule has 2 heterocycles. The summed E-state index contributed by atoms with van der Waals surface area (Å²) in [5.74, 6) is -0.586. The molecule has 0 bridgehead atoms. The summed E-state index contributed by atoms with van der Waals surface area (Å²) in [6, 6.07) is 5.40. The van der Waals surface area contributed by atoms with Crippen molar-refractivity contribution < 1.29 is 14.6 Å². The SMILES string of the molecule is CCCCOCCCNc1nc2ccccn2c1C(=O)O. The Morgan fingerprint density at radius 2 is 2.19 bits per heavy atom. The number of aromatic nitrogens is 2. The summed E-state index contributed by atoms with van der Waals surface area (Å²) in [4.78, 5) is 15.7. The molecular formula is C15H21N3O3. The topological polar surface area (TPSA) is 75.9 Å². The number of pyridine rings is 1. The van der Waals surface area contributed by atoms with E-state index in [0.29, 0.717) is 24.6 Å². The van der Waals surface area contributed by atoms with Crippen LogP contribution in [0.1, 0.15) is 36.7 Å². The number of anilines is 1. The van der Waals surface area contributed by atoms with E-state index >= 15 is 0 Å². The van der Waals surface area contributed by atoms with Crippen LogP contribution in [-0.4, -0.2) is 40.2 Å². The fraction of sp³-hybridized carbons (Fsp3) is 0.467. The van der Waals surface area contributed by atoms with Crippen LogP contribution in [0, 0.1) is 0 Å². The second-order valence-corrected chi connectivity index (χ2v) is 4.79. The third-order valence-electron chi connectivity index (χ3n) is 3.13. The fourth-order valence-corrected chi connectivity index (χ4v) is 2.05. The number of rotatable bonds is 9. The summed E-state index contributed by atoms with van der Waals surface area (Å²) in [6.07, 6.45) is 4.71. The summed E-state index contributed by atoms with van der Waals surface area (Å²) in [5.41, 5.74) is 0.786. The van der Waals surface area contributed by atoms with Gasteiger partial charge in [-0.2, -0.15) is 0 Å². The molecule has 0 radical (unpaired) electrons. The molecule has 2 aromatic heterocycles. The third kappa shape index (κ3) is 3.95. The number of unbranched alkanes of at least 4 members (excludes halogenated alkanes) is 1. The van der Waals surface area contributed by atoms with Gasteiger partial charge in [-0.1, -0.05) is 19.4 Å². The average Bonchev–Trinajstić information content (AvgIpc) is 2.84. The van der Waals surface area contributed by atoms with E-state index in [-0.39, 0.29) is 5.69 Å². The summed E-state index contributed by atoms with van der Waals surface area (Å²) >= 11 is 0. The highest BCUT2D eigenvalue weighted by atomic mass is 16.5. The quantitative estimate of drug-likeness (QED) is 0.695. The van der Waals surface area contributed by atoms with Gasteiger partial charge in [-0.05, 0) is 25.0 Å². The largest absolute Gasteiger partial charge is 0.476 e. The highest BCUT2D eigenvalue weighted by molar-refractivity contribution is 5.92. The van der Waals surface area contributed by atoms with Crippen LogP contribution in [-0.2, 0) is 4.74 Å². The molecule has 0 aliphatic rings. The predicted octanol–water partition coefficient (Wildman–Crippen LogP) is 2.65. The lowest BCUT2D eigenvalue weighted by Gasteiger charge is -2.05. The van der Waals surface area contributed by atoms with Gasteiger partial charge >= 0.3 is 5.97 Å². The summed E-state index contributed by atoms with van der Waals surface area (Å²) in [7, 11) is 0. The van der Waals surface area contributed by atoms with Crippen LogP contribution in [0.2, 0.25) is 0 Å². The Labute approximate surface area is 123 Å². The molecule has 2 N–H and O–H groups in total. The zero-order chi connectivity index (χ0) is 15.1. The van der Waals surface area contributed by atoms with Crippen LogP contribution in [0.4, 0.5) is 5.82 Å². The maximum Gasteiger partial charge on any atom is 0.356 e. The lowest BCUT2D eigenvalue weighted by atomic mass is 10.3. The van der Waals surface area contributed by atoms with Crippen molar-refractivity contribution in [2.24, 2.45) is 0 Å². The first-order valence-electron chi connectivity index (χ1n) is 7.26. The molecule has 0 saturated carbocycles. The van der Waals surface area contributed by atoms with Crippen LogP contribution < -0.4 is 5.32 Å². The molecule has 6 heteroatoms. The predicted molar refractivity (Wildman–Crippen MR) is 81.0 cm³/mol. The van der Waals surface area contributed by atoms with Crippen molar-refractivity contribution in [3.05, 3.63) is 30.1 Å². The van der Waals surface area contributed by atoms with Crippen molar-refractivity contribution in [2.75, 3.05) is 25.1 Å². The van der Waals surface area contributed by atoms with Crippen LogP contribution in [0.3, 0.4) is 0 Å². The third-order valence-corrected chi connectivity index (χ3v) is 3.13. The Kier molecular flexibility index (Phi) is 5.57. The van der Waals surface area contributed by atoms with Crippen molar-refractivity contribution in [1.82, 2.24) is 9.38 Å². The first kappa shape index (κ1) is 15.3. The summed E-state index contributed by atoms with van der Waals surface area (Å²) < 4.78 is 7.04. The second-order valence-electron chi connectivity index (χ2n) is 4.79. The van der Waals surface area contributed by atoms with Crippen molar-refractivity contribution in [1.29, 1.82) is 0 Å². The molecule has 0 spiro atoms. The molecule has 0 aromatic carbocycles. The van der Waals surface area contributed by atoms with Gasteiger partial charge in [0.2, 0.25) is 0 Å². The molecule has 0 amide bonds. The highest BCUT2D eigenvalue weighted by Crippen LogP contribution is 2.17. The molecule has 2 rings (SSSR count). The standard InChI is InChI=1S/C15H21N3O3/c1-2-3-10-21-11-6-8-16-14-13(15(19)20)18-9-5-4-7-12(18)17-14/h4-5,7,9,16H,2-3,6,8,10-11H2,1H3,(H,19,20). The number of hydrogen-bond acceptors (Lipinski definition) is 4. The van der Waals surface area contributed by atoms with Crippen LogP contribution in [0.15, 0.2) is 24.4 Å². The monoisotopic (exact) mass is 291 g/mol. The molecule has 6 nitrogen and oxygen atoms in total. The number of nitrogens with one attached hydrogen (secondary N) is 1. The van der Waals surface area contributed by atoms with E-state index in [1.165, 1.54) is 0 Å². The van der Waals surface area contributed by atoms with E-state index in [9.17, 15) is 9.90 Å². The number of ether oxygens (including phenoxy) is 1. The van der Waals surface area contributed by atoms with Crippen molar-refractivity contribution >= 4 is 17.4 Å². The zero-order valence-corrected chi connectivity index (χ0v) is 12.2. The van der Waals surface area contributed by atoms with E-state index in [1.54, 1.807) is 22.7 Å². The molecular weight excluding hydrogens is 270 g/mol. The number of carboxylic acid groups (broad SMARTS) is 1. The van der Waals surface area contributed by atoms with Gasteiger partial charge in [0.15, 0.2) is 11.5 Å². The van der Waals surface area contributed by atoms with Gasteiger partial charge in [0.1, 0.15) is 5.65 Å². The Balaban J connectivity index is 1.92. The molecule has 114 valence electrons. The van der Waals surface area contributed by atoms with E-state index in [0.717, 1.165) is 25.9 Å². The number of aromatic carboxylic acids is 1. The van der Waals surface area contributed by atoms with Crippen molar-refractivity contribution in [3.63, 3.8) is 0 Å². The first-order chi connectivity index (χ1) is 10.2. The minimum absolute atomic E-state index is 0.164. The smallest absolute Gasteiger partial charge is 0.356 e. The van der Waals surface area contributed by atoms with Crippen molar-refractivity contribution in [3.8, 4) is 0 Å². The molecule has 2 aromatic rings. The molecule has 0 saturated heterocycles. The van der Waals surface area contributed by atoms with Gasteiger partial charge < -0.3 is 15.2 Å². The number of carbonyl (C=O) groups is 1. The molecule has 0 atom stereocenters. The molecule has 0 unspecified atom stereocenters. The van der Waals surface area contributed by atoms with Gasteiger partial charge in [-0.3, -0.25) is 4.40 Å². The summed E-state index contributed by atoms with van der Waals surface area (Å²) in [5, 5.41) is 12.4. The molecule has 0 fully saturated rings. The van der Waals surface area contributed by atoms with Gasteiger partial charge in [-0.25, -0.2) is 9.78 Å². The maximum atomic E-state index is 11.4. The minimum atomic E-state index is -0.990. The van der Waals surface area contributed by atoms with Gasteiger partial charge in [0.05, 0.1) is 0 Å². The second kappa shape index (κ2) is 7.64. The number of fused-ring (bicyclic) bond motifs is 1. The number of nitrogens with zero attached hydrogens (tertiary/aromatic N) is 2. The Morgan fingerprint density at radius 3 is 2.95 bits per heavy atom. The van der Waals surface area contributed by atoms with E-state index in [1.807, 2.05) is 6.07 Å². The van der Waals surface area contributed by atoms with E-state index in [4.69, 9.17) is 4.74 Å². The number of carboxylic acids is 1. The molecule has 0 aliphatic heterocycles. The van der Waals surface area contributed by atoms with Gasteiger partial charge in [0.25, 0.3) is 0 Å². The number of imidazole rings is 1.